The van der Waals surface area contributed by atoms with Crippen molar-refractivity contribution in [3.63, 3.8) is 0 Å². The third-order valence-electron chi connectivity index (χ3n) is 7.86. The Morgan fingerprint density at radius 1 is 0.547 bits per heavy atom. The van der Waals surface area contributed by atoms with Crippen LogP contribution in [-0.2, 0) is 43.2 Å². The van der Waals surface area contributed by atoms with Crippen LogP contribution in [0.5, 0.6) is 0 Å². The number of carboxylic acids is 2. The zero-order chi connectivity index (χ0) is 41.2. The Balaban J connectivity index is 5.95. The maximum Gasteiger partial charge on any atom is 0.326 e. The van der Waals surface area contributed by atoms with Crippen molar-refractivity contribution < 1.29 is 63.6 Å². The van der Waals surface area contributed by atoms with E-state index >= 15 is 0 Å². The Morgan fingerprint density at radius 3 is 1.32 bits per heavy atom. The van der Waals surface area contributed by atoms with Crippen molar-refractivity contribution in [3.8, 4) is 0 Å². The van der Waals surface area contributed by atoms with Gasteiger partial charge < -0.3 is 63.8 Å². The molecule has 21 nitrogen and oxygen atoms in total. The van der Waals surface area contributed by atoms with Gasteiger partial charge in [-0.2, -0.15) is 0 Å². The Kier molecular flexibility index (Phi) is 21.4. The Bertz CT molecular complexity index is 1310. The van der Waals surface area contributed by atoms with E-state index in [1.54, 1.807) is 41.5 Å². The molecule has 0 aliphatic carbocycles. The van der Waals surface area contributed by atoms with Crippen LogP contribution in [0.25, 0.3) is 0 Å². The average molecular weight is 761 g/mol. The lowest BCUT2D eigenvalue weighted by molar-refractivity contribution is -0.144. The van der Waals surface area contributed by atoms with E-state index in [-0.39, 0.29) is 24.7 Å². The lowest BCUT2D eigenvalue weighted by Gasteiger charge is -2.27. The quantitative estimate of drug-likeness (QED) is 0.0420. The molecule has 8 unspecified atom stereocenters. The molecular formula is C32H56N8O13. The summed E-state index contributed by atoms with van der Waals surface area (Å²) in [5.41, 5.74) is 11.1. The molecule has 53 heavy (non-hydrogen) atoms. The third kappa shape index (κ3) is 17.9. The lowest BCUT2D eigenvalue weighted by Crippen LogP contribution is -2.61. The van der Waals surface area contributed by atoms with E-state index in [4.69, 9.17) is 11.5 Å². The van der Waals surface area contributed by atoms with Crippen molar-refractivity contribution in [3.05, 3.63) is 0 Å². The number of carbonyl (C=O) groups is 9. The topological polar surface area (TPSA) is 359 Å². The van der Waals surface area contributed by atoms with Crippen LogP contribution in [0.2, 0.25) is 0 Å². The summed E-state index contributed by atoms with van der Waals surface area (Å²) in [7, 11) is 0. The van der Waals surface area contributed by atoms with E-state index in [0.717, 1.165) is 0 Å². The minimum absolute atomic E-state index is 0.00480. The van der Waals surface area contributed by atoms with Gasteiger partial charge in [-0.25, -0.2) is 4.79 Å². The highest BCUT2D eigenvalue weighted by Gasteiger charge is 2.35. The predicted molar refractivity (Wildman–Crippen MR) is 186 cm³/mol. The second-order valence-corrected chi connectivity index (χ2v) is 13.5. The molecule has 14 N–H and O–H groups in total. The highest BCUT2D eigenvalue weighted by atomic mass is 16.4. The first-order valence-corrected chi connectivity index (χ1v) is 17.1. The third-order valence-corrected chi connectivity index (χ3v) is 7.86. The van der Waals surface area contributed by atoms with Crippen LogP contribution >= 0.6 is 0 Å². The number of hydrogen-bond acceptors (Lipinski definition) is 12. The molecule has 8 atom stereocenters. The Labute approximate surface area is 307 Å². The van der Waals surface area contributed by atoms with Crippen molar-refractivity contribution in [2.75, 3.05) is 13.2 Å². The van der Waals surface area contributed by atoms with E-state index in [9.17, 15) is 63.6 Å². The van der Waals surface area contributed by atoms with E-state index < -0.39 is 128 Å². The molecule has 0 radical (unpaired) electrons. The molecule has 21 heteroatoms. The number of nitrogens with two attached hydrogens (primary N) is 2. The van der Waals surface area contributed by atoms with Crippen molar-refractivity contribution in [2.45, 2.75) is 116 Å². The fraction of sp³-hybridized carbons (Fsp3) is 0.719. The molecule has 0 heterocycles. The summed E-state index contributed by atoms with van der Waals surface area (Å²) in [6.07, 6.45) is -1.11. The largest absolute Gasteiger partial charge is 0.481 e. The molecule has 0 saturated heterocycles. The maximum absolute atomic E-state index is 13.4. The SMILES string of the molecule is CCC(C)C(NC(=O)C(CC(N)=O)NC(=O)C(CC(C)C)NC(=O)C(CO)NC(=O)C(CO)NC(=O)C(CC(=O)O)NC(=O)C(N)CC(C)C)C(=O)O. The molecule has 0 aromatic heterocycles. The minimum Gasteiger partial charge on any atom is -0.481 e. The molecule has 0 bridgehead atoms. The number of aliphatic hydroxyl groups is 2. The summed E-state index contributed by atoms with van der Waals surface area (Å²) in [6, 6.07) is -10.8. The number of nitrogens with one attached hydrogen (secondary N) is 6. The first-order valence-electron chi connectivity index (χ1n) is 17.1. The van der Waals surface area contributed by atoms with Gasteiger partial charge in [-0.15, -0.1) is 0 Å². The first kappa shape index (κ1) is 48.1. The summed E-state index contributed by atoms with van der Waals surface area (Å²) in [6.45, 7) is 8.09. The average Bonchev–Trinajstić information content (AvgIpc) is 3.05. The number of rotatable bonds is 25. The van der Waals surface area contributed by atoms with Gasteiger partial charge >= 0.3 is 11.9 Å². The van der Waals surface area contributed by atoms with Crippen LogP contribution in [-0.4, -0.2) is 129 Å². The van der Waals surface area contributed by atoms with Gasteiger partial charge in [0.15, 0.2) is 0 Å². The van der Waals surface area contributed by atoms with E-state index in [1.807, 2.05) is 0 Å². The summed E-state index contributed by atoms with van der Waals surface area (Å²) >= 11 is 0. The highest BCUT2D eigenvalue weighted by molar-refractivity contribution is 5.98. The summed E-state index contributed by atoms with van der Waals surface area (Å²) in [5, 5.41) is 51.8. The van der Waals surface area contributed by atoms with Gasteiger partial charge in [0.2, 0.25) is 41.4 Å². The molecule has 0 aromatic carbocycles. The number of carboxylic acid groups (broad SMARTS) is 2. The van der Waals surface area contributed by atoms with Crippen LogP contribution < -0.4 is 43.4 Å². The van der Waals surface area contributed by atoms with Crippen LogP contribution in [0.3, 0.4) is 0 Å². The fourth-order valence-corrected chi connectivity index (χ4v) is 4.81. The van der Waals surface area contributed by atoms with Crippen molar-refractivity contribution >= 4 is 53.3 Å². The summed E-state index contributed by atoms with van der Waals surface area (Å²) < 4.78 is 0. The fourth-order valence-electron chi connectivity index (χ4n) is 4.81. The van der Waals surface area contributed by atoms with Crippen molar-refractivity contribution in [1.29, 1.82) is 0 Å². The van der Waals surface area contributed by atoms with E-state index in [1.165, 1.54) is 0 Å². The number of primary amides is 1. The number of hydrogen-bond donors (Lipinski definition) is 12. The highest BCUT2D eigenvalue weighted by Crippen LogP contribution is 2.10. The predicted octanol–water partition coefficient (Wildman–Crippen LogP) is -4.22. The molecule has 0 aliphatic heterocycles. The maximum atomic E-state index is 13.4. The van der Waals surface area contributed by atoms with Crippen LogP contribution in [0, 0.1) is 17.8 Å². The van der Waals surface area contributed by atoms with Gasteiger partial charge in [-0.3, -0.25) is 38.4 Å². The zero-order valence-electron chi connectivity index (χ0n) is 30.8. The molecular weight excluding hydrogens is 704 g/mol. The van der Waals surface area contributed by atoms with E-state index in [2.05, 4.69) is 31.9 Å². The molecule has 0 rings (SSSR count). The number of aliphatic carboxylic acids is 2. The molecule has 0 fully saturated rings. The van der Waals surface area contributed by atoms with Gasteiger partial charge in [0.05, 0.1) is 32.1 Å². The van der Waals surface area contributed by atoms with Gasteiger partial charge in [0, 0.05) is 0 Å². The number of carbonyl (C=O) groups excluding carboxylic acids is 7. The first-order chi connectivity index (χ1) is 24.6. The summed E-state index contributed by atoms with van der Waals surface area (Å²) in [4.78, 5) is 113. The van der Waals surface area contributed by atoms with Gasteiger partial charge in [0.25, 0.3) is 0 Å². The number of amides is 7. The second kappa shape index (κ2) is 23.6. The zero-order valence-corrected chi connectivity index (χ0v) is 30.8. The lowest BCUT2D eigenvalue weighted by atomic mass is 9.98. The minimum atomic E-state index is -1.81. The smallest absolute Gasteiger partial charge is 0.326 e. The standard InChI is InChI=1S/C32H56N8O13/c1-7-16(6)25(32(52)53)40-29(49)19(10-23(34)43)37-27(47)18(9-15(4)5)36-30(50)21(12-41)39-31(51)22(13-42)38-28(48)20(11-24(44)45)35-26(46)17(33)8-14(2)3/h14-22,25,41-42H,7-13,33H2,1-6H3,(H2,34,43)(H,35,46)(H,36,50)(H,37,47)(H,38,48)(H,39,51)(H,40,49)(H,44,45)(H,52,53). The molecule has 302 valence electrons. The Morgan fingerprint density at radius 2 is 0.925 bits per heavy atom. The van der Waals surface area contributed by atoms with Gasteiger partial charge in [-0.1, -0.05) is 48.0 Å². The van der Waals surface area contributed by atoms with Crippen LogP contribution in [0.4, 0.5) is 0 Å². The molecule has 0 spiro atoms. The van der Waals surface area contributed by atoms with Gasteiger partial charge in [0.1, 0.15) is 36.3 Å². The monoisotopic (exact) mass is 760 g/mol. The van der Waals surface area contributed by atoms with Crippen molar-refractivity contribution in [1.82, 2.24) is 31.9 Å². The van der Waals surface area contributed by atoms with Crippen LogP contribution in [0.1, 0.15) is 73.6 Å². The van der Waals surface area contributed by atoms with Crippen LogP contribution in [0.15, 0.2) is 0 Å². The number of aliphatic hydroxyl groups excluding tert-OH is 2. The second-order valence-electron chi connectivity index (χ2n) is 13.5. The molecule has 0 saturated carbocycles. The normalized spacial score (nSPS) is 15.7. The van der Waals surface area contributed by atoms with Crippen molar-refractivity contribution in [2.24, 2.45) is 29.2 Å². The molecule has 7 amide bonds. The molecule has 0 aromatic rings. The van der Waals surface area contributed by atoms with E-state index in [0.29, 0.717) is 6.42 Å². The summed E-state index contributed by atoms with van der Waals surface area (Å²) in [5.74, 6) is -11.0. The molecule has 0 aliphatic rings. The Hall–Kier alpha value is -4.89. The van der Waals surface area contributed by atoms with Gasteiger partial charge in [-0.05, 0) is 30.6 Å².